The van der Waals surface area contributed by atoms with Crippen LogP contribution in [-0.2, 0) is 0 Å². The van der Waals surface area contributed by atoms with E-state index in [1.807, 2.05) is 54.6 Å². The van der Waals surface area contributed by atoms with Gasteiger partial charge in [-0.1, -0.05) is 35.9 Å². The number of nitrogens with zero attached hydrogens (tertiary/aromatic N) is 1. The molecule has 0 bridgehead atoms. The zero-order chi connectivity index (χ0) is 17.2. The van der Waals surface area contributed by atoms with Gasteiger partial charge in [-0.3, -0.25) is 0 Å². The minimum absolute atomic E-state index is 0.201. The fourth-order valence-corrected chi connectivity index (χ4v) is 2.92. The van der Waals surface area contributed by atoms with E-state index in [1.54, 1.807) is 24.5 Å². The standard InChI is InChI=1S/C21H14ClNO2/c22-17-6-1-4-14(10-17)16-12-19(15-5-2-7-18(24)11-15)23-20(13-16)21-8-3-9-25-21/h1-13,24H. The van der Waals surface area contributed by atoms with E-state index < -0.39 is 0 Å². The number of halogens is 1. The van der Waals surface area contributed by atoms with E-state index in [0.717, 1.165) is 28.1 Å². The van der Waals surface area contributed by atoms with Gasteiger partial charge in [-0.2, -0.15) is 0 Å². The molecule has 0 saturated carbocycles. The molecule has 0 spiro atoms. The maximum Gasteiger partial charge on any atom is 0.152 e. The van der Waals surface area contributed by atoms with Crippen molar-refractivity contribution in [3.63, 3.8) is 0 Å². The van der Waals surface area contributed by atoms with Crippen LogP contribution < -0.4 is 0 Å². The molecule has 2 aromatic heterocycles. The lowest BCUT2D eigenvalue weighted by Crippen LogP contribution is -1.90. The minimum atomic E-state index is 0.201. The van der Waals surface area contributed by atoms with Crippen LogP contribution in [0.5, 0.6) is 5.75 Å². The third-order valence-electron chi connectivity index (χ3n) is 3.90. The molecule has 0 unspecified atom stereocenters. The van der Waals surface area contributed by atoms with Gasteiger partial charge in [0.05, 0.1) is 12.0 Å². The van der Waals surface area contributed by atoms with Crippen molar-refractivity contribution in [2.45, 2.75) is 0 Å². The molecule has 0 aliphatic heterocycles. The number of phenolic OH excluding ortho intramolecular Hbond substituents is 1. The molecular formula is C21H14ClNO2. The summed E-state index contributed by atoms with van der Waals surface area (Å²) in [5.74, 6) is 0.886. The van der Waals surface area contributed by atoms with Gasteiger partial charge in [-0.15, -0.1) is 0 Å². The van der Waals surface area contributed by atoms with Crippen LogP contribution in [0, 0.1) is 0 Å². The van der Waals surface area contributed by atoms with Gasteiger partial charge in [0.1, 0.15) is 11.4 Å². The van der Waals surface area contributed by atoms with Crippen LogP contribution in [-0.4, -0.2) is 10.1 Å². The predicted molar refractivity (Wildman–Crippen MR) is 99.5 cm³/mol. The molecule has 1 N–H and O–H groups in total. The normalized spacial score (nSPS) is 10.8. The highest BCUT2D eigenvalue weighted by molar-refractivity contribution is 6.30. The zero-order valence-corrected chi connectivity index (χ0v) is 13.9. The molecule has 122 valence electrons. The van der Waals surface area contributed by atoms with Gasteiger partial charge < -0.3 is 9.52 Å². The van der Waals surface area contributed by atoms with E-state index in [0.29, 0.717) is 10.8 Å². The van der Waals surface area contributed by atoms with Crippen molar-refractivity contribution in [2.24, 2.45) is 0 Å². The number of pyridine rings is 1. The third-order valence-corrected chi connectivity index (χ3v) is 4.13. The van der Waals surface area contributed by atoms with Crippen molar-refractivity contribution in [2.75, 3.05) is 0 Å². The van der Waals surface area contributed by atoms with E-state index >= 15 is 0 Å². The lowest BCUT2D eigenvalue weighted by molar-refractivity contribution is 0.475. The Balaban J connectivity index is 1.92. The first-order chi connectivity index (χ1) is 12.2. The predicted octanol–water partition coefficient (Wildman–Crippen LogP) is 6.03. The number of furan rings is 1. The molecule has 2 heterocycles. The maximum atomic E-state index is 9.79. The van der Waals surface area contributed by atoms with E-state index in [9.17, 15) is 5.11 Å². The Kier molecular flexibility index (Phi) is 4.00. The van der Waals surface area contributed by atoms with Crippen LogP contribution in [0.1, 0.15) is 0 Å². The quantitative estimate of drug-likeness (QED) is 0.491. The first kappa shape index (κ1) is 15.5. The lowest BCUT2D eigenvalue weighted by atomic mass is 10.0. The van der Waals surface area contributed by atoms with E-state index in [-0.39, 0.29) is 5.75 Å². The van der Waals surface area contributed by atoms with Crippen molar-refractivity contribution >= 4 is 11.6 Å². The SMILES string of the molecule is Oc1cccc(-c2cc(-c3cccc(Cl)c3)cc(-c3ccco3)n2)c1. The average molecular weight is 348 g/mol. The second-order valence-electron chi connectivity index (χ2n) is 5.66. The molecule has 0 aliphatic carbocycles. The summed E-state index contributed by atoms with van der Waals surface area (Å²) in [6.45, 7) is 0. The molecule has 0 fully saturated rings. The van der Waals surface area contributed by atoms with E-state index in [4.69, 9.17) is 21.0 Å². The minimum Gasteiger partial charge on any atom is -0.508 e. The Bertz CT molecular complexity index is 962. The molecule has 4 rings (SSSR count). The topological polar surface area (TPSA) is 46.3 Å². The summed E-state index contributed by atoms with van der Waals surface area (Å²) in [6.07, 6.45) is 1.62. The second-order valence-corrected chi connectivity index (χ2v) is 6.10. The second kappa shape index (κ2) is 6.46. The molecule has 0 aliphatic rings. The van der Waals surface area contributed by atoms with Crippen LogP contribution in [0.25, 0.3) is 33.8 Å². The summed E-state index contributed by atoms with van der Waals surface area (Å²) >= 11 is 6.14. The number of aromatic nitrogens is 1. The number of rotatable bonds is 3. The molecule has 0 atom stereocenters. The summed E-state index contributed by atoms with van der Waals surface area (Å²) in [5.41, 5.74) is 4.27. The monoisotopic (exact) mass is 347 g/mol. The molecule has 0 saturated heterocycles. The average Bonchev–Trinajstić information content (AvgIpc) is 3.16. The van der Waals surface area contributed by atoms with Gasteiger partial charge in [0.2, 0.25) is 0 Å². The molecular weight excluding hydrogens is 334 g/mol. The zero-order valence-electron chi connectivity index (χ0n) is 13.2. The molecule has 0 radical (unpaired) electrons. The van der Waals surface area contributed by atoms with Gasteiger partial charge in [0.25, 0.3) is 0 Å². The van der Waals surface area contributed by atoms with Gasteiger partial charge in [-0.25, -0.2) is 4.98 Å². The highest BCUT2D eigenvalue weighted by Crippen LogP contribution is 2.32. The Hall–Kier alpha value is -3.04. The van der Waals surface area contributed by atoms with Crippen LogP contribution in [0.3, 0.4) is 0 Å². The summed E-state index contributed by atoms with van der Waals surface area (Å²) in [5, 5.41) is 10.5. The van der Waals surface area contributed by atoms with Gasteiger partial charge >= 0.3 is 0 Å². The van der Waals surface area contributed by atoms with Crippen molar-refractivity contribution in [1.29, 1.82) is 0 Å². The van der Waals surface area contributed by atoms with Crippen LogP contribution in [0.4, 0.5) is 0 Å². The van der Waals surface area contributed by atoms with E-state index in [2.05, 4.69) is 0 Å². The van der Waals surface area contributed by atoms with Crippen molar-refractivity contribution in [3.8, 4) is 39.6 Å². The number of aromatic hydroxyl groups is 1. The van der Waals surface area contributed by atoms with Crippen LogP contribution in [0.2, 0.25) is 5.02 Å². The number of hydrogen-bond acceptors (Lipinski definition) is 3. The number of hydrogen-bond donors (Lipinski definition) is 1. The molecule has 25 heavy (non-hydrogen) atoms. The Morgan fingerprint density at radius 2 is 1.56 bits per heavy atom. The first-order valence-electron chi connectivity index (χ1n) is 7.80. The molecule has 2 aromatic carbocycles. The van der Waals surface area contributed by atoms with Gasteiger partial charge in [-0.05, 0) is 59.7 Å². The lowest BCUT2D eigenvalue weighted by Gasteiger charge is -2.09. The highest BCUT2D eigenvalue weighted by Gasteiger charge is 2.11. The van der Waals surface area contributed by atoms with Crippen molar-refractivity contribution < 1.29 is 9.52 Å². The molecule has 0 amide bonds. The summed E-state index contributed by atoms with van der Waals surface area (Å²) in [6, 6.07) is 22.4. The third kappa shape index (κ3) is 3.28. The van der Waals surface area contributed by atoms with Gasteiger partial charge in [0, 0.05) is 10.6 Å². The van der Waals surface area contributed by atoms with Gasteiger partial charge in [0.15, 0.2) is 5.76 Å². The fraction of sp³-hybridized carbons (Fsp3) is 0. The smallest absolute Gasteiger partial charge is 0.152 e. The molecule has 4 aromatic rings. The van der Waals surface area contributed by atoms with E-state index in [1.165, 1.54) is 0 Å². The Labute approximate surface area is 150 Å². The Morgan fingerprint density at radius 3 is 2.32 bits per heavy atom. The van der Waals surface area contributed by atoms with Crippen molar-refractivity contribution in [3.05, 3.63) is 84.1 Å². The van der Waals surface area contributed by atoms with Crippen molar-refractivity contribution in [1.82, 2.24) is 4.98 Å². The molecule has 3 nitrogen and oxygen atoms in total. The van der Waals surface area contributed by atoms with Crippen LogP contribution in [0.15, 0.2) is 83.5 Å². The largest absolute Gasteiger partial charge is 0.508 e. The number of benzene rings is 2. The first-order valence-corrected chi connectivity index (χ1v) is 8.18. The van der Waals surface area contributed by atoms with Crippen LogP contribution >= 0.6 is 11.6 Å². The summed E-state index contributed by atoms with van der Waals surface area (Å²) < 4.78 is 5.51. The summed E-state index contributed by atoms with van der Waals surface area (Å²) in [7, 11) is 0. The Morgan fingerprint density at radius 1 is 0.760 bits per heavy atom. The maximum absolute atomic E-state index is 9.79. The number of phenols is 1. The summed E-state index contributed by atoms with van der Waals surface area (Å²) in [4.78, 5) is 4.70. The fourth-order valence-electron chi connectivity index (χ4n) is 2.73. The molecule has 4 heteroatoms. The highest BCUT2D eigenvalue weighted by atomic mass is 35.5.